The van der Waals surface area contributed by atoms with E-state index >= 15 is 0 Å². The van der Waals surface area contributed by atoms with Crippen LogP contribution in [-0.2, 0) is 16.1 Å². The van der Waals surface area contributed by atoms with E-state index in [4.69, 9.17) is 4.74 Å². The fourth-order valence-electron chi connectivity index (χ4n) is 1.76. The van der Waals surface area contributed by atoms with Crippen molar-refractivity contribution in [2.75, 3.05) is 6.61 Å². The molecule has 0 aliphatic rings. The van der Waals surface area contributed by atoms with Gasteiger partial charge in [-0.15, -0.1) is 0 Å². The van der Waals surface area contributed by atoms with Gasteiger partial charge in [0.2, 0.25) is 0 Å². The number of aromatic nitrogens is 2. The molecule has 4 nitrogen and oxygen atoms in total. The van der Waals surface area contributed by atoms with Gasteiger partial charge in [0.1, 0.15) is 12.4 Å². The number of para-hydroxylation sites is 2. The molecule has 1 heterocycles. The summed E-state index contributed by atoms with van der Waals surface area (Å²) in [7, 11) is 0. The molecule has 0 bridgehead atoms. The Balaban J connectivity index is 2.22. The van der Waals surface area contributed by atoms with E-state index in [1.165, 1.54) is 6.92 Å². The second-order valence-electron chi connectivity index (χ2n) is 3.64. The predicted molar refractivity (Wildman–Crippen MR) is 61.1 cm³/mol. The molecule has 2 aromatic rings. The van der Waals surface area contributed by atoms with Gasteiger partial charge < -0.3 is 9.30 Å². The molecule has 0 aliphatic heterocycles. The largest absolute Gasteiger partial charge is 0.464 e. The quantitative estimate of drug-likeness (QED) is 0.739. The van der Waals surface area contributed by atoms with Gasteiger partial charge in [0.25, 0.3) is 0 Å². The molecule has 0 unspecified atom stereocenters. The third kappa shape index (κ3) is 2.05. The molecule has 0 saturated carbocycles. The zero-order valence-electron chi connectivity index (χ0n) is 9.43. The van der Waals surface area contributed by atoms with Gasteiger partial charge >= 0.3 is 5.97 Å². The standard InChI is InChI=1S/C12H14N2O2/c1-9-13-11-5-3-4-6-12(11)14(9)7-8-16-10(2)15/h3-6H,7-8H2,1-2H3. The van der Waals surface area contributed by atoms with Crippen molar-refractivity contribution in [2.45, 2.75) is 20.4 Å². The highest BCUT2D eigenvalue weighted by molar-refractivity contribution is 5.75. The van der Waals surface area contributed by atoms with Crippen LogP contribution < -0.4 is 0 Å². The molecule has 0 N–H and O–H groups in total. The third-order valence-electron chi connectivity index (χ3n) is 2.47. The Morgan fingerprint density at radius 3 is 2.94 bits per heavy atom. The van der Waals surface area contributed by atoms with Crippen LogP contribution in [-0.4, -0.2) is 22.1 Å². The molecule has 16 heavy (non-hydrogen) atoms. The van der Waals surface area contributed by atoms with Crippen molar-refractivity contribution in [1.82, 2.24) is 9.55 Å². The third-order valence-corrected chi connectivity index (χ3v) is 2.47. The van der Waals surface area contributed by atoms with E-state index in [-0.39, 0.29) is 5.97 Å². The van der Waals surface area contributed by atoms with E-state index in [2.05, 4.69) is 9.55 Å². The molecule has 0 aliphatic carbocycles. The lowest BCUT2D eigenvalue weighted by Crippen LogP contribution is -2.09. The number of hydrogen-bond acceptors (Lipinski definition) is 3. The van der Waals surface area contributed by atoms with Crippen molar-refractivity contribution in [3.05, 3.63) is 30.1 Å². The average molecular weight is 218 g/mol. The number of imidazole rings is 1. The van der Waals surface area contributed by atoms with Crippen molar-refractivity contribution in [1.29, 1.82) is 0 Å². The number of nitrogens with zero attached hydrogens (tertiary/aromatic N) is 2. The summed E-state index contributed by atoms with van der Waals surface area (Å²) in [6, 6.07) is 7.94. The topological polar surface area (TPSA) is 44.1 Å². The second kappa shape index (κ2) is 4.35. The molecule has 0 spiro atoms. The first kappa shape index (κ1) is 10.7. The molecule has 0 radical (unpaired) electrons. The lowest BCUT2D eigenvalue weighted by molar-refractivity contribution is -0.141. The van der Waals surface area contributed by atoms with Gasteiger partial charge in [0.15, 0.2) is 0 Å². The number of fused-ring (bicyclic) bond motifs is 1. The number of carbonyl (C=O) groups excluding carboxylic acids is 1. The minimum Gasteiger partial charge on any atom is -0.464 e. The Bertz CT molecular complexity index is 517. The Morgan fingerprint density at radius 2 is 2.19 bits per heavy atom. The number of ether oxygens (including phenoxy) is 1. The van der Waals surface area contributed by atoms with Crippen LogP contribution in [0.2, 0.25) is 0 Å². The lowest BCUT2D eigenvalue weighted by Gasteiger charge is -2.06. The zero-order chi connectivity index (χ0) is 11.5. The van der Waals surface area contributed by atoms with Crippen molar-refractivity contribution in [3.8, 4) is 0 Å². The number of aryl methyl sites for hydroxylation is 1. The first-order valence-electron chi connectivity index (χ1n) is 5.23. The Kier molecular flexibility index (Phi) is 2.90. The number of hydrogen-bond donors (Lipinski definition) is 0. The van der Waals surface area contributed by atoms with Crippen molar-refractivity contribution in [2.24, 2.45) is 0 Å². The highest BCUT2D eigenvalue weighted by atomic mass is 16.5. The molecule has 84 valence electrons. The molecule has 0 fully saturated rings. The van der Waals surface area contributed by atoms with Gasteiger partial charge in [-0.3, -0.25) is 4.79 Å². The maximum Gasteiger partial charge on any atom is 0.302 e. The fourth-order valence-corrected chi connectivity index (χ4v) is 1.76. The van der Waals surface area contributed by atoms with Gasteiger partial charge in [0.05, 0.1) is 17.6 Å². The maximum absolute atomic E-state index is 10.7. The average Bonchev–Trinajstić information content (AvgIpc) is 2.55. The number of benzene rings is 1. The summed E-state index contributed by atoms with van der Waals surface area (Å²) in [5.41, 5.74) is 2.05. The summed E-state index contributed by atoms with van der Waals surface area (Å²) in [5.74, 6) is 0.690. The van der Waals surface area contributed by atoms with Gasteiger partial charge in [-0.25, -0.2) is 4.98 Å². The lowest BCUT2D eigenvalue weighted by atomic mass is 10.3. The minimum atomic E-state index is -0.248. The van der Waals surface area contributed by atoms with Gasteiger partial charge in [-0.05, 0) is 19.1 Å². The van der Waals surface area contributed by atoms with E-state index in [1.807, 2.05) is 31.2 Å². The summed E-state index contributed by atoms with van der Waals surface area (Å²) in [4.78, 5) is 15.1. The molecule has 1 aromatic carbocycles. The van der Waals surface area contributed by atoms with Crippen LogP contribution >= 0.6 is 0 Å². The van der Waals surface area contributed by atoms with E-state index in [9.17, 15) is 4.79 Å². The Morgan fingerprint density at radius 1 is 1.44 bits per heavy atom. The second-order valence-corrected chi connectivity index (χ2v) is 3.64. The van der Waals surface area contributed by atoms with Crippen LogP contribution in [0.1, 0.15) is 12.7 Å². The highest BCUT2D eigenvalue weighted by Crippen LogP contribution is 2.14. The predicted octanol–water partition coefficient (Wildman–Crippen LogP) is 1.91. The van der Waals surface area contributed by atoms with Gasteiger partial charge in [-0.1, -0.05) is 12.1 Å². The van der Waals surface area contributed by atoms with E-state index in [1.54, 1.807) is 0 Å². The minimum absolute atomic E-state index is 0.248. The molecule has 4 heteroatoms. The van der Waals surface area contributed by atoms with Crippen molar-refractivity contribution >= 4 is 17.0 Å². The van der Waals surface area contributed by atoms with E-state index in [0.717, 1.165) is 16.9 Å². The monoisotopic (exact) mass is 218 g/mol. The Labute approximate surface area is 93.9 Å². The van der Waals surface area contributed by atoms with Crippen LogP contribution in [0.15, 0.2) is 24.3 Å². The fraction of sp³-hybridized carbons (Fsp3) is 0.333. The summed E-state index contributed by atoms with van der Waals surface area (Å²) < 4.78 is 6.99. The molecule has 0 saturated heterocycles. The van der Waals surface area contributed by atoms with Crippen LogP contribution in [0, 0.1) is 6.92 Å². The highest BCUT2D eigenvalue weighted by Gasteiger charge is 2.06. The van der Waals surface area contributed by atoms with E-state index < -0.39 is 0 Å². The molecular formula is C12H14N2O2. The van der Waals surface area contributed by atoms with Crippen molar-refractivity contribution in [3.63, 3.8) is 0 Å². The smallest absolute Gasteiger partial charge is 0.302 e. The van der Waals surface area contributed by atoms with Gasteiger partial charge in [-0.2, -0.15) is 0 Å². The normalized spacial score (nSPS) is 10.6. The van der Waals surface area contributed by atoms with Crippen molar-refractivity contribution < 1.29 is 9.53 Å². The van der Waals surface area contributed by atoms with Gasteiger partial charge in [0, 0.05) is 6.92 Å². The molecule has 0 atom stereocenters. The van der Waals surface area contributed by atoms with E-state index in [0.29, 0.717) is 13.2 Å². The Hall–Kier alpha value is -1.84. The van der Waals surface area contributed by atoms with Crippen LogP contribution in [0.4, 0.5) is 0 Å². The first-order valence-corrected chi connectivity index (χ1v) is 5.23. The SMILES string of the molecule is CC(=O)OCCn1c(C)nc2ccccc21. The summed E-state index contributed by atoms with van der Waals surface area (Å²) in [6.45, 7) is 4.40. The summed E-state index contributed by atoms with van der Waals surface area (Å²) in [6.07, 6.45) is 0. The molecule has 1 aromatic heterocycles. The molecule has 2 rings (SSSR count). The summed E-state index contributed by atoms with van der Waals surface area (Å²) in [5, 5.41) is 0. The number of carbonyl (C=O) groups is 1. The number of esters is 1. The maximum atomic E-state index is 10.7. The molecular weight excluding hydrogens is 204 g/mol. The molecule has 0 amide bonds. The first-order chi connectivity index (χ1) is 7.68. The zero-order valence-corrected chi connectivity index (χ0v) is 9.43. The van der Waals surface area contributed by atoms with Crippen LogP contribution in [0.5, 0.6) is 0 Å². The summed E-state index contributed by atoms with van der Waals surface area (Å²) >= 11 is 0. The number of rotatable bonds is 3. The van der Waals surface area contributed by atoms with Crippen LogP contribution in [0.3, 0.4) is 0 Å². The van der Waals surface area contributed by atoms with Crippen LogP contribution in [0.25, 0.3) is 11.0 Å².